The predicted octanol–water partition coefficient (Wildman–Crippen LogP) is 1.97. The molecule has 0 spiro atoms. The Kier molecular flexibility index (Phi) is 4.22. The molecule has 0 aliphatic carbocycles. The van der Waals surface area contributed by atoms with Gasteiger partial charge in [-0.15, -0.1) is 0 Å². The molecule has 0 saturated carbocycles. The molecule has 1 aromatic rings. The van der Waals surface area contributed by atoms with Crippen LogP contribution in [0.4, 0.5) is 0 Å². The van der Waals surface area contributed by atoms with Gasteiger partial charge in [0.2, 0.25) is 0 Å². The van der Waals surface area contributed by atoms with Gasteiger partial charge in [0.15, 0.2) is 0 Å². The van der Waals surface area contributed by atoms with Crippen LogP contribution < -0.4 is 0 Å². The number of imidazole rings is 1. The summed E-state index contributed by atoms with van der Waals surface area (Å²) in [4.78, 5) is 9.37. The lowest BCUT2D eigenvalue weighted by molar-refractivity contribution is 0.143. The highest BCUT2D eigenvalue weighted by Crippen LogP contribution is 2.20. The number of aromatic nitrogens is 2. The smallest absolute Gasteiger partial charge is 0.124 e. The lowest BCUT2D eigenvalue weighted by atomic mass is 10.3. The lowest BCUT2D eigenvalue weighted by Gasteiger charge is -2.32. The monoisotopic (exact) mass is 300 g/mol. The molecule has 1 aromatic heterocycles. The van der Waals surface area contributed by atoms with E-state index < -0.39 is 0 Å². The van der Waals surface area contributed by atoms with Gasteiger partial charge in [0.1, 0.15) is 10.4 Å². The zero-order chi connectivity index (χ0) is 12.4. The Morgan fingerprint density at radius 2 is 1.94 bits per heavy atom. The van der Waals surface area contributed by atoms with Crippen LogP contribution in [-0.4, -0.2) is 52.6 Å². The average Bonchev–Trinajstić information content (AvgIpc) is 2.63. The summed E-state index contributed by atoms with van der Waals surface area (Å²) in [6.45, 7) is 9.93. The molecular formula is C12H21BrN4. The maximum atomic E-state index is 4.51. The van der Waals surface area contributed by atoms with Gasteiger partial charge in [0, 0.05) is 32.2 Å². The van der Waals surface area contributed by atoms with E-state index in [0.29, 0.717) is 6.04 Å². The highest BCUT2D eigenvalue weighted by Gasteiger charge is 2.18. The van der Waals surface area contributed by atoms with Gasteiger partial charge in [-0.3, -0.25) is 4.90 Å². The summed E-state index contributed by atoms with van der Waals surface area (Å²) in [5.74, 6) is 1.16. The number of halogens is 1. The zero-order valence-corrected chi connectivity index (χ0v) is 12.4. The third-order valence-corrected chi connectivity index (χ3v) is 3.89. The van der Waals surface area contributed by atoms with E-state index in [1.54, 1.807) is 0 Å². The Labute approximate surface area is 112 Å². The number of nitrogens with zero attached hydrogens (tertiary/aromatic N) is 4. The molecule has 2 heterocycles. The van der Waals surface area contributed by atoms with E-state index in [0.717, 1.165) is 43.2 Å². The van der Waals surface area contributed by atoms with Crippen LogP contribution in [-0.2, 0) is 6.54 Å². The van der Waals surface area contributed by atoms with Gasteiger partial charge in [0.05, 0.1) is 12.7 Å². The van der Waals surface area contributed by atoms with Gasteiger partial charge < -0.3 is 9.47 Å². The fraction of sp³-hybridized carbons (Fsp3) is 0.750. The summed E-state index contributed by atoms with van der Waals surface area (Å²) in [6, 6.07) is 0.453. The first-order chi connectivity index (χ1) is 8.08. The minimum Gasteiger partial charge on any atom is -0.319 e. The standard InChI is InChI=1S/C12H21BrN4/c1-10(2)17-11(13)8-14-12(17)9-16-6-4-15(3)5-7-16/h8,10H,4-7,9H2,1-3H3. The highest BCUT2D eigenvalue weighted by atomic mass is 79.9. The highest BCUT2D eigenvalue weighted by molar-refractivity contribution is 9.10. The Bertz CT molecular complexity index is 367. The van der Waals surface area contributed by atoms with Crippen LogP contribution in [0.25, 0.3) is 0 Å². The van der Waals surface area contributed by atoms with E-state index in [-0.39, 0.29) is 0 Å². The summed E-state index contributed by atoms with van der Waals surface area (Å²) in [6.07, 6.45) is 1.91. The molecule has 2 rings (SSSR count). The SMILES string of the molecule is CC(C)n1c(Br)cnc1CN1CCN(C)CC1. The van der Waals surface area contributed by atoms with Crippen molar-refractivity contribution in [1.82, 2.24) is 19.4 Å². The van der Waals surface area contributed by atoms with E-state index in [1.807, 2.05) is 6.20 Å². The molecule has 0 N–H and O–H groups in total. The lowest BCUT2D eigenvalue weighted by Crippen LogP contribution is -2.44. The fourth-order valence-corrected chi connectivity index (χ4v) is 2.96. The van der Waals surface area contributed by atoms with Crippen LogP contribution in [0.2, 0.25) is 0 Å². The average molecular weight is 301 g/mol. The minimum absolute atomic E-state index is 0.453. The second kappa shape index (κ2) is 5.50. The Morgan fingerprint density at radius 3 is 2.53 bits per heavy atom. The number of hydrogen-bond donors (Lipinski definition) is 0. The summed E-state index contributed by atoms with van der Waals surface area (Å²) in [7, 11) is 2.18. The largest absolute Gasteiger partial charge is 0.319 e. The summed E-state index contributed by atoms with van der Waals surface area (Å²) < 4.78 is 3.34. The van der Waals surface area contributed by atoms with E-state index in [9.17, 15) is 0 Å². The summed E-state index contributed by atoms with van der Waals surface area (Å²) in [5.41, 5.74) is 0. The third-order valence-electron chi connectivity index (χ3n) is 3.31. The first-order valence-electron chi connectivity index (χ1n) is 6.20. The fourth-order valence-electron chi connectivity index (χ4n) is 2.24. The molecular weight excluding hydrogens is 280 g/mol. The van der Waals surface area contributed by atoms with Crippen molar-refractivity contribution in [2.75, 3.05) is 33.2 Å². The second-order valence-electron chi connectivity index (χ2n) is 5.04. The first kappa shape index (κ1) is 13.1. The van der Waals surface area contributed by atoms with Gasteiger partial charge >= 0.3 is 0 Å². The third kappa shape index (κ3) is 3.09. The van der Waals surface area contributed by atoms with Crippen molar-refractivity contribution >= 4 is 15.9 Å². The number of rotatable bonds is 3. The Morgan fingerprint density at radius 1 is 1.29 bits per heavy atom. The van der Waals surface area contributed by atoms with Crippen LogP contribution in [0, 0.1) is 0 Å². The van der Waals surface area contributed by atoms with E-state index >= 15 is 0 Å². The van der Waals surface area contributed by atoms with Crippen LogP contribution in [0.15, 0.2) is 10.8 Å². The molecule has 1 fully saturated rings. The van der Waals surface area contributed by atoms with Gasteiger partial charge in [-0.2, -0.15) is 0 Å². The minimum atomic E-state index is 0.453. The molecule has 4 nitrogen and oxygen atoms in total. The maximum Gasteiger partial charge on any atom is 0.124 e. The van der Waals surface area contributed by atoms with Gasteiger partial charge in [-0.05, 0) is 36.8 Å². The summed E-state index contributed by atoms with van der Waals surface area (Å²) in [5, 5.41) is 0. The summed E-state index contributed by atoms with van der Waals surface area (Å²) >= 11 is 3.57. The molecule has 0 amide bonds. The quantitative estimate of drug-likeness (QED) is 0.853. The number of hydrogen-bond acceptors (Lipinski definition) is 3. The molecule has 0 radical (unpaired) electrons. The number of likely N-dealkylation sites (N-methyl/N-ethyl adjacent to an activating group) is 1. The van der Waals surface area contributed by atoms with Gasteiger partial charge in [-0.25, -0.2) is 4.98 Å². The molecule has 0 atom stereocenters. The van der Waals surface area contributed by atoms with Crippen LogP contribution in [0.1, 0.15) is 25.7 Å². The molecule has 17 heavy (non-hydrogen) atoms. The van der Waals surface area contributed by atoms with E-state index in [2.05, 4.69) is 56.2 Å². The normalized spacial score (nSPS) is 19.1. The zero-order valence-electron chi connectivity index (χ0n) is 10.9. The molecule has 0 aromatic carbocycles. The molecule has 1 aliphatic heterocycles. The molecule has 5 heteroatoms. The molecule has 1 aliphatic rings. The molecule has 96 valence electrons. The molecule has 0 bridgehead atoms. The van der Waals surface area contributed by atoms with Crippen molar-refractivity contribution in [3.8, 4) is 0 Å². The molecule has 1 saturated heterocycles. The van der Waals surface area contributed by atoms with Crippen molar-refractivity contribution < 1.29 is 0 Å². The second-order valence-corrected chi connectivity index (χ2v) is 5.85. The molecule has 0 unspecified atom stereocenters. The maximum absolute atomic E-state index is 4.51. The Hall–Kier alpha value is -0.390. The van der Waals surface area contributed by atoms with Crippen molar-refractivity contribution in [3.05, 3.63) is 16.6 Å². The number of piperazine rings is 1. The topological polar surface area (TPSA) is 24.3 Å². The van der Waals surface area contributed by atoms with Crippen molar-refractivity contribution in [2.24, 2.45) is 0 Å². The van der Waals surface area contributed by atoms with Crippen LogP contribution in [0.5, 0.6) is 0 Å². The van der Waals surface area contributed by atoms with Crippen molar-refractivity contribution in [3.63, 3.8) is 0 Å². The predicted molar refractivity (Wildman–Crippen MR) is 73.1 cm³/mol. The van der Waals surface area contributed by atoms with E-state index in [4.69, 9.17) is 0 Å². The van der Waals surface area contributed by atoms with Gasteiger partial charge in [0.25, 0.3) is 0 Å². The van der Waals surface area contributed by atoms with Crippen molar-refractivity contribution in [2.45, 2.75) is 26.4 Å². The van der Waals surface area contributed by atoms with Crippen LogP contribution >= 0.6 is 15.9 Å². The Balaban J connectivity index is 2.03. The van der Waals surface area contributed by atoms with Gasteiger partial charge in [-0.1, -0.05) is 0 Å². The first-order valence-corrected chi connectivity index (χ1v) is 6.99. The van der Waals surface area contributed by atoms with E-state index in [1.165, 1.54) is 0 Å². The van der Waals surface area contributed by atoms with Crippen molar-refractivity contribution in [1.29, 1.82) is 0 Å². The van der Waals surface area contributed by atoms with Crippen LogP contribution in [0.3, 0.4) is 0 Å².